The predicted octanol–water partition coefficient (Wildman–Crippen LogP) is 5.44. The van der Waals surface area contributed by atoms with Crippen molar-refractivity contribution in [2.45, 2.75) is 51.4 Å². The van der Waals surface area contributed by atoms with E-state index < -0.39 is 8.07 Å². The Hall–Kier alpha value is -3.20. The van der Waals surface area contributed by atoms with Crippen LogP contribution in [0.15, 0.2) is 47.6 Å². The second-order valence-electron chi connectivity index (χ2n) is 9.31. The minimum absolute atomic E-state index is 0.131. The summed E-state index contributed by atoms with van der Waals surface area (Å²) in [6.07, 6.45) is 7.44. The van der Waals surface area contributed by atoms with Gasteiger partial charge in [0.05, 0.1) is 30.4 Å². The highest BCUT2D eigenvalue weighted by Crippen LogP contribution is 2.30. The lowest BCUT2D eigenvalue weighted by atomic mass is 10.1. The third-order valence-electron chi connectivity index (χ3n) is 5.54. The molecule has 0 aliphatic heterocycles. The van der Waals surface area contributed by atoms with Crippen molar-refractivity contribution < 1.29 is 4.74 Å². The Kier molecular flexibility index (Phi) is 7.31. The molecule has 176 valence electrons. The molecule has 0 aliphatic carbocycles. The lowest BCUT2D eigenvalue weighted by Gasteiger charge is -2.15. The minimum atomic E-state index is -1.13. The van der Waals surface area contributed by atoms with E-state index in [-0.39, 0.29) is 19.0 Å². The molecule has 0 fully saturated rings. The average Bonchev–Trinajstić information content (AvgIpc) is 3.55. The molecule has 0 radical (unpaired) electrons. The van der Waals surface area contributed by atoms with Crippen LogP contribution in [0.25, 0.3) is 22.3 Å². The molecular weight excluding hydrogens is 466 g/mol. The maximum absolute atomic E-state index is 10.6. The van der Waals surface area contributed by atoms with Crippen molar-refractivity contribution in [2.75, 3.05) is 6.61 Å². The molecule has 1 unspecified atom stereocenters. The van der Waals surface area contributed by atoms with Gasteiger partial charge in [0.15, 0.2) is 0 Å². The Morgan fingerprint density at radius 2 is 2.18 bits per heavy atom. The first-order valence-electron chi connectivity index (χ1n) is 11.0. The summed E-state index contributed by atoms with van der Waals surface area (Å²) in [5, 5.41) is 19.7. The van der Waals surface area contributed by atoms with Crippen LogP contribution < -0.4 is 0 Å². The number of hydrogen-bond donors (Lipinski definition) is 0. The molecule has 4 heterocycles. The van der Waals surface area contributed by atoms with E-state index in [1.165, 1.54) is 11.3 Å². The van der Waals surface area contributed by atoms with Gasteiger partial charge in [-0.15, -0.1) is 11.3 Å². The summed E-state index contributed by atoms with van der Waals surface area (Å²) in [6, 6.07) is 7.02. The van der Waals surface area contributed by atoms with E-state index in [2.05, 4.69) is 46.0 Å². The number of thiophene rings is 1. The molecule has 0 aromatic carbocycles. The molecule has 34 heavy (non-hydrogen) atoms. The number of hydrogen-bond acceptors (Lipinski definition) is 8. The lowest BCUT2D eigenvalue weighted by Crippen LogP contribution is -2.22. The van der Waals surface area contributed by atoms with Crippen LogP contribution in [-0.2, 0) is 18.0 Å². The van der Waals surface area contributed by atoms with Gasteiger partial charge in [0.2, 0.25) is 0 Å². The highest BCUT2D eigenvalue weighted by Gasteiger charge is 2.19. The molecule has 4 aromatic rings. The van der Waals surface area contributed by atoms with Gasteiger partial charge >= 0.3 is 0 Å². The summed E-state index contributed by atoms with van der Waals surface area (Å²) in [4.78, 5) is 20.5. The number of fused-ring (bicyclic) bond motifs is 1. The van der Waals surface area contributed by atoms with Gasteiger partial charge < -0.3 is 9.30 Å². The first kappa shape index (κ1) is 23.9. The van der Waals surface area contributed by atoms with Gasteiger partial charge in [-0.25, -0.2) is 9.97 Å². The molecular formula is C23H27N7O2SSi. The Morgan fingerprint density at radius 1 is 1.32 bits per heavy atom. The van der Waals surface area contributed by atoms with E-state index in [4.69, 9.17) is 4.74 Å². The topological polar surface area (TPSA) is 111 Å². The zero-order valence-electron chi connectivity index (χ0n) is 19.5. The van der Waals surface area contributed by atoms with Crippen LogP contribution in [0.1, 0.15) is 22.9 Å². The van der Waals surface area contributed by atoms with Crippen LogP contribution >= 0.6 is 11.3 Å². The van der Waals surface area contributed by atoms with Crippen LogP contribution in [0.4, 0.5) is 0 Å². The standard InChI is InChI=1S/C23H27N7O2SSi/c1-34(2,3)9-8-32-16-29-7-5-20-22(25-15-26-23(20)29)18-11-27-30(13-18)21(4-6-24)17-10-19(12-28-31)33-14-17/h5,7,10-11,13-15,21H,4,8-9,12,16H2,1-3H3. The Morgan fingerprint density at radius 3 is 2.94 bits per heavy atom. The summed E-state index contributed by atoms with van der Waals surface area (Å²) in [5.74, 6) is 0. The highest BCUT2D eigenvalue weighted by atomic mass is 32.1. The average molecular weight is 494 g/mol. The van der Waals surface area contributed by atoms with E-state index >= 15 is 0 Å². The second-order valence-corrected chi connectivity index (χ2v) is 15.9. The number of nitriles is 1. The van der Waals surface area contributed by atoms with Crippen molar-refractivity contribution in [1.29, 1.82) is 5.26 Å². The van der Waals surface area contributed by atoms with Crippen LogP contribution in [0.5, 0.6) is 0 Å². The number of rotatable bonds is 11. The van der Waals surface area contributed by atoms with Gasteiger partial charge in [-0.2, -0.15) is 15.3 Å². The molecule has 11 heteroatoms. The first-order chi connectivity index (χ1) is 16.4. The molecule has 1 atom stereocenters. The fourth-order valence-electron chi connectivity index (χ4n) is 3.68. The van der Waals surface area contributed by atoms with E-state index in [9.17, 15) is 10.2 Å². The fourth-order valence-corrected chi connectivity index (χ4v) is 5.28. The third kappa shape index (κ3) is 5.47. The normalized spacial score (nSPS) is 12.6. The van der Waals surface area contributed by atoms with Gasteiger partial charge in [-0.3, -0.25) is 4.68 Å². The molecule has 0 N–H and O–H groups in total. The predicted molar refractivity (Wildman–Crippen MR) is 135 cm³/mol. The number of nitroso groups, excluding NO2 is 1. The van der Waals surface area contributed by atoms with E-state index in [1.54, 1.807) is 17.2 Å². The third-order valence-corrected chi connectivity index (χ3v) is 8.18. The monoisotopic (exact) mass is 493 g/mol. The molecule has 4 rings (SSSR count). The van der Waals surface area contributed by atoms with Gasteiger partial charge in [0.1, 0.15) is 25.3 Å². The van der Waals surface area contributed by atoms with Crippen LogP contribution in [0.3, 0.4) is 0 Å². The van der Waals surface area contributed by atoms with Crippen molar-refractivity contribution in [2.24, 2.45) is 5.18 Å². The zero-order valence-corrected chi connectivity index (χ0v) is 21.3. The van der Waals surface area contributed by atoms with E-state index in [1.807, 2.05) is 34.5 Å². The van der Waals surface area contributed by atoms with Crippen LogP contribution in [0, 0.1) is 16.2 Å². The van der Waals surface area contributed by atoms with Gasteiger partial charge in [-0.1, -0.05) is 24.8 Å². The Balaban J connectivity index is 1.57. The first-order valence-corrected chi connectivity index (χ1v) is 15.6. The maximum atomic E-state index is 10.6. The maximum Gasteiger partial charge on any atom is 0.145 e. The van der Waals surface area contributed by atoms with Crippen LogP contribution in [-0.4, -0.2) is 39.0 Å². The lowest BCUT2D eigenvalue weighted by molar-refractivity contribution is 0.0899. The van der Waals surface area contributed by atoms with Gasteiger partial charge in [-0.05, 0) is 29.1 Å². The van der Waals surface area contributed by atoms with Gasteiger partial charge in [0.25, 0.3) is 0 Å². The van der Waals surface area contributed by atoms with Crippen LogP contribution in [0.2, 0.25) is 25.7 Å². The SMILES string of the molecule is C[Si](C)(C)CCOCn1ccc2c(-c3cnn(C(CC#N)c4csc(CN=O)c4)c3)ncnc21. The van der Waals surface area contributed by atoms with Crippen molar-refractivity contribution in [3.63, 3.8) is 0 Å². The fraction of sp³-hybridized carbons (Fsp3) is 0.391. The summed E-state index contributed by atoms with van der Waals surface area (Å²) in [5.41, 5.74) is 3.37. The molecule has 0 spiro atoms. The molecule has 9 nitrogen and oxygen atoms in total. The molecule has 4 aromatic heterocycles. The zero-order chi connectivity index (χ0) is 24.1. The van der Waals surface area contributed by atoms with Crippen molar-refractivity contribution >= 4 is 30.4 Å². The quantitative estimate of drug-likeness (QED) is 0.156. The number of nitrogens with zero attached hydrogens (tertiary/aromatic N) is 7. The summed E-state index contributed by atoms with van der Waals surface area (Å²) in [6.45, 7) is 8.33. The highest BCUT2D eigenvalue weighted by molar-refractivity contribution is 7.10. The summed E-state index contributed by atoms with van der Waals surface area (Å²) < 4.78 is 9.67. The second kappa shape index (κ2) is 10.4. The number of ether oxygens (including phenoxy) is 1. The summed E-state index contributed by atoms with van der Waals surface area (Å²) >= 11 is 1.46. The summed E-state index contributed by atoms with van der Waals surface area (Å²) in [7, 11) is -1.13. The molecule has 0 saturated heterocycles. The largest absolute Gasteiger partial charge is 0.361 e. The molecule has 0 amide bonds. The Labute approximate surface area is 203 Å². The molecule has 0 bridgehead atoms. The van der Waals surface area contributed by atoms with Crippen molar-refractivity contribution in [1.82, 2.24) is 24.3 Å². The van der Waals surface area contributed by atoms with E-state index in [0.717, 1.165) is 45.4 Å². The van der Waals surface area contributed by atoms with Crippen molar-refractivity contribution in [3.05, 3.63) is 57.8 Å². The molecule has 0 saturated carbocycles. The Bertz CT molecular complexity index is 1310. The smallest absolute Gasteiger partial charge is 0.145 e. The molecule has 0 aliphatic rings. The van der Waals surface area contributed by atoms with Crippen molar-refractivity contribution in [3.8, 4) is 17.3 Å². The number of aromatic nitrogens is 5. The van der Waals surface area contributed by atoms with Gasteiger partial charge in [0, 0.05) is 42.9 Å². The minimum Gasteiger partial charge on any atom is -0.361 e. The van der Waals surface area contributed by atoms with E-state index in [0.29, 0.717) is 6.73 Å².